The molecule has 0 saturated heterocycles. The van der Waals surface area contributed by atoms with Gasteiger partial charge < -0.3 is 4.74 Å². The van der Waals surface area contributed by atoms with Crippen LogP contribution in [-0.2, 0) is 16.0 Å². The second kappa shape index (κ2) is 7.60. The molecular weight excluding hydrogens is 272 g/mol. The van der Waals surface area contributed by atoms with Crippen LogP contribution in [0, 0.1) is 6.92 Å². The summed E-state index contributed by atoms with van der Waals surface area (Å²) in [6.45, 7) is 4.09. The molecule has 0 bridgehead atoms. The summed E-state index contributed by atoms with van der Waals surface area (Å²) in [5.74, 6) is -0.285. The van der Waals surface area contributed by atoms with Crippen molar-refractivity contribution < 1.29 is 9.53 Å². The van der Waals surface area contributed by atoms with Crippen molar-refractivity contribution >= 4 is 5.97 Å². The molecule has 0 fully saturated rings. The number of hydrogen-bond acceptors (Lipinski definition) is 2. The zero-order valence-corrected chi connectivity index (χ0v) is 13.4. The predicted molar refractivity (Wildman–Crippen MR) is 90.7 cm³/mol. The van der Waals surface area contributed by atoms with Crippen molar-refractivity contribution in [3.8, 4) is 11.1 Å². The summed E-state index contributed by atoms with van der Waals surface area (Å²) in [6.07, 6.45) is 3.34. The third kappa shape index (κ3) is 4.32. The summed E-state index contributed by atoms with van der Waals surface area (Å²) in [5, 5.41) is 0. The molecule has 0 amide bonds. The Morgan fingerprint density at radius 1 is 1.09 bits per heavy atom. The van der Waals surface area contributed by atoms with Gasteiger partial charge in [-0.3, -0.25) is 0 Å². The van der Waals surface area contributed by atoms with E-state index < -0.39 is 0 Å². The van der Waals surface area contributed by atoms with Gasteiger partial charge in [-0.1, -0.05) is 54.1 Å². The number of allylic oxidation sites excluding steroid dienone is 1. The molecule has 0 aliphatic rings. The molecule has 22 heavy (non-hydrogen) atoms. The number of aryl methyl sites for hydroxylation is 2. The van der Waals surface area contributed by atoms with Gasteiger partial charge in [-0.05, 0) is 48.9 Å². The fraction of sp³-hybridized carbons (Fsp3) is 0.250. The predicted octanol–water partition coefficient (Wildman–Crippen LogP) is 4.71. The molecule has 0 heterocycles. The van der Waals surface area contributed by atoms with Gasteiger partial charge in [-0.25, -0.2) is 4.79 Å². The summed E-state index contributed by atoms with van der Waals surface area (Å²) >= 11 is 0. The van der Waals surface area contributed by atoms with Crippen LogP contribution in [0.5, 0.6) is 0 Å². The summed E-state index contributed by atoms with van der Waals surface area (Å²) < 4.78 is 4.63. The second-order valence-electron chi connectivity index (χ2n) is 5.53. The first-order chi connectivity index (χ1) is 10.6. The van der Waals surface area contributed by atoms with Gasteiger partial charge in [0.1, 0.15) is 0 Å². The van der Waals surface area contributed by atoms with E-state index in [4.69, 9.17) is 0 Å². The molecular formula is C20H22O2. The number of ether oxygens (including phenoxy) is 1. The number of rotatable bonds is 5. The van der Waals surface area contributed by atoms with Gasteiger partial charge in [0.2, 0.25) is 0 Å². The molecule has 0 N–H and O–H groups in total. The highest BCUT2D eigenvalue weighted by Gasteiger charge is 2.02. The van der Waals surface area contributed by atoms with Gasteiger partial charge >= 0.3 is 5.97 Å². The van der Waals surface area contributed by atoms with Crippen molar-refractivity contribution in [2.45, 2.75) is 26.7 Å². The molecule has 0 radical (unpaired) electrons. The van der Waals surface area contributed by atoms with Crippen LogP contribution in [-0.4, -0.2) is 13.1 Å². The minimum absolute atomic E-state index is 0.285. The van der Waals surface area contributed by atoms with Gasteiger partial charge in [-0.15, -0.1) is 0 Å². The van der Waals surface area contributed by atoms with Crippen LogP contribution in [0.2, 0.25) is 0 Å². The Kier molecular flexibility index (Phi) is 5.54. The Morgan fingerprint density at radius 2 is 1.77 bits per heavy atom. The SMILES string of the molecule is COC(=O)/C=C(\C)CCc1ccc(-c2ccccc2C)cc1. The van der Waals surface area contributed by atoms with Crippen molar-refractivity contribution in [2.24, 2.45) is 0 Å². The molecule has 0 unspecified atom stereocenters. The Hall–Kier alpha value is -2.35. The first kappa shape index (κ1) is 16.0. The van der Waals surface area contributed by atoms with E-state index in [1.54, 1.807) is 6.08 Å². The monoisotopic (exact) mass is 294 g/mol. The summed E-state index contributed by atoms with van der Waals surface area (Å²) in [5.41, 5.74) is 6.11. The van der Waals surface area contributed by atoms with Crippen LogP contribution >= 0.6 is 0 Å². The molecule has 0 aliphatic carbocycles. The number of carbonyl (C=O) groups excluding carboxylic acids is 1. The molecule has 0 aliphatic heterocycles. The Bertz CT molecular complexity index is 666. The van der Waals surface area contributed by atoms with Gasteiger partial charge in [0.05, 0.1) is 7.11 Å². The third-order valence-electron chi connectivity index (χ3n) is 3.78. The molecule has 2 rings (SSSR count). The lowest BCUT2D eigenvalue weighted by Gasteiger charge is -2.07. The molecule has 0 spiro atoms. The number of benzene rings is 2. The zero-order valence-electron chi connectivity index (χ0n) is 13.4. The molecule has 0 saturated carbocycles. The average Bonchev–Trinajstić information content (AvgIpc) is 2.54. The molecule has 0 aromatic heterocycles. The van der Waals surface area contributed by atoms with E-state index in [9.17, 15) is 4.79 Å². The summed E-state index contributed by atoms with van der Waals surface area (Å²) in [6, 6.07) is 17.0. The minimum Gasteiger partial charge on any atom is -0.466 e. The van der Waals surface area contributed by atoms with Crippen molar-refractivity contribution in [1.29, 1.82) is 0 Å². The number of esters is 1. The van der Waals surface area contributed by atoms with E-state index in [1.165, 1.54) is 29.4 Å². The van der Waals surface area contributed by atoms with Crippen LogP contribution in [0.4, 0.5) is 0 Å². The van der Waals surface area contributed by atoms with Crippen molar-refractivity contribution in [2.75, 3.05) is 7.11 Å². The Balaban J connectivity index is 2.03. The first-order valence-corrected chi connectivity index (χ1v) is 7.50. The molecule has 2 nitrogen and oxygen atoms in total. The van der Waals surface area contributed by atoms with Crippen LogP contribution in [0.3, 0.4) is 0 Å². The van der Waals surface area contributed by atoms with E-state index >= 15 is 0 Å². The van der Waals surface area contributed by atoms with Crippen LogP contribution in [0.15, 0.2) is 60.2 Å². The molecule has 2 aromatic carbocycles. The lowest BCUT2D eigenvalue weighted by molar-refractivity contribution is -0.134. The van der Waals surface area contributed by atoms with Crippen LogP contribution < -0.4 is 0 Å². The largest absolute Gasteiger partial charge is 0.466 e. The Labute approximate surface area is 132 Å². The fourth-order valence-electron chi connectivity index (χ4n) is 2.42. The highest BCUT2D eigenvalue weighted by Crippen LogP contribution is 2.23. The minimum atomic E-state index is -0.285. The number of hydrogen-bond donors (Lipinski definition) is 0. The quantitative estimate of drug-likeness (QED) is 0.589. The number of carbonyl (C=O) groups is 1. The topological polar surface area (TPSA) is 26.3 Å². The standard InChI is InChI=1S/C20H22O2/c1-15(14-20(21)22-3)8-9-17-10-12-18(13-11-17)19-7-5-4-6-16(19)2/h4-7,10-14H,8-9H2,1-3H3/b15-14+. The van der Waals surface area contributed by atoms with Crippen molar-refractivity contribution in [1.82, 2.24) is 0 Å². The normalized spacial score (nSPS) is 11.3. The van der Waals surface area contributed by atoms with Crippen LogP contribution in [0.1, 0.15) is 24.5 Å². The maximum absolute atomic E-state index is 11.2. The smallest absolute Gasteiger partial charge is 0.330 e. The second-order valence-corrected chi connectivity index (χ2v) is 5.53. The van der Waals surface area contributed by atoms with Gasteiger partial charge in [0.25, 0.3) is 0 Å². The lowest BCUT2D eigenvalue weighted by Crippen LogP contribution is -1.96. The summed E-state index contributed by atoms with van der Waals surface area (Å²) in [4.78, 5) is 11.2. The van der Waals surface area contributed by atoms with E-state index in [0.29, 0.717) is 0 Å². The van der Waals surface area contributed by atoms with Crippen molar-refractivity contribution in [3.05, 3.63) is 71.3 Å². The van der Waals surface area contributed by atoms with Gasteiger partial charge in [-0.2, -0.15) is 0 Å². The van der Waals surface area contributed by atoms with Crippen molar-refractivity contribution in [3.63, 3.8) is 0 Å². The highest BCUT2D eigenvalue weighted by molar-refractivity contribution is 5.82. The molecule has 2 heteroatoms. The number of methoxy groups -OCH3 is 1. The zero-order chi connectivity index (χ0) is 15.9. The van der Waals surface area contributed by atoms with E-state index in [2.05, 4.69) is 60.2 Å². The molecule has 2 aromatic rings. The molecule has 0 atom stereocenters. The molecule has 114 valence electrons. The Morgan fingerprint density at radius 3 is 2.41 bits per heavy atom. The summed E-state index contributed by atoms with van der Waals surface area (Å²) in [7, 11) is 1.40. The average molecular weight is 294 g/mol. The van der Waals surface area contributed by atoms with Gasteiger partial charge in [0, 0.05) is 6.08 Å². The highest BCUT2D eigenvalue weighted by atomic mass is 16.5. The lowest BCUT2D eigenvalue weighted by atomic mass is 9.98. The maximum Gasteiger partial charge on any atom is 0.330 e. The van der Waals surface area contributed by atoms with Gasteiger partial charge in [0.15, 0.2) is 0 Å². The fourth-order valence-corrected chi connectivity index (χ4v) is 2.42. The first-order valence-electron chi connectivity index (χ1n) is 7.50. The van der Waals surface area contributed by atoms with E-state index in [0.717, 1.165) is 18.4 Å². The van der Waals surface area contributed by atoms with E-state index in [-0.39, 0.29) is 5.97 Å². The third-order valence-corrected chi connectivity index (χ3v) is 3.78. The maximum atomic E-state index is 11.2. The van der Waals surface area contributed by atoms with Crippen LogP contribution in [0.25, 0.3) is 11.1 Å². The van der Waals surface area contributed by atoms with E-state index in [1.807, 2.05) is 6.92 Å².